The summed E-state index contributed by atoms with van der Waals surface area (Å²) in [6.07, 6.45) is 0.653. The van der Waals surface area contributed by atoms with Gasteiger partial charge in [-0.2, -0.15) is 0 Å². The highest BCUT2D eigenvalue weighted by Gasteiger charge is 2.27. The van der Waals surface area contributed by atoms with E-state index in [9.17, 15) is 17.6 Å². The van der Waals surface area contributed by atoms with Crippen LogP contribution in [0.25, 0.3) is 10.2 Å². The first kappa shape index (κ1) is 23.7. The Morgan fingerprint density at radius 1 is 1.18 bits per heavy atom. The number of halogens is 1. The van der Waals surface area contributed by atoms with Gasteiger partial charge >= 0.3 is 0 Å². The van der Waals surface area contributed by atoms with Gasteiger partial charge < -0.3 is 4.74 Å². The Hall–Kier alpha value is -2.40. The number of thiazole rings is 1. The maximum Gasteiger partial charge on any atom is 0.244 e. The van der Waals surface area contributed by atoms with E-state index in [1.54, 1.807) is 18.2 Å². The lowest BCUT2D eigenvalue weighted by atomic mass is 10.2. The van der Waals surface area contributed by atoms with Gasteiger partial charge in [0, 0.05) is 26.2 Å². The molecule has 2 aromatic carbocycles. The number of rotatable bonds is 8. The quantitative estimate of drug-likeness (QED) is 0.481. The number of hydrogen-bond acceptors (Lipinski definition) is 7. The average Bonchev–Trinajstić information content (AvgIpc) is 3.20. The average molecular weight is 492 g/mol. The maximum atomic E-state index is 13.7. The molecule has 0 radical (unpaired) electrons. The van der Waals surface area contributed by atoms with E-state index in [-0.39, 0.29) is 10.7 Å². The second-order valence-corrected chi connectivity index (χ2v) is 11.0. The summed E-state index contributed by atoms with van der Waals surface area (Å²) in [5.41, 5.74) is 1.51. The number of fused-ring (bicyclic) bond motifs is 1. The molecule has 0 N–H and O–H groups in total. The molecule has 0 aliphatic carbocycles. The first-order valence-corrected chi connectivity index (χ1v) is 13.2. The lowest BCUT2D eigenvalue weighted by Gasteiger charge is -2.27. The van der Waals surface area contributed by atoms with Crippen LogP contribution < -0.4 is 4.90 Å². The number of hydrogen-bond donors (Lipinski definition) is 0. The van der Waals surface area contributed by atoms with Crippen LogP contribution in [0.1, 0.15) is 12.0 Å². The number of ether oxygens (including phenoxy) is 1. The number of aromatic nitrogens is 1. The topological polar surface area (TPSA) is 79.8 Å². The molecular formula is C23H26FN3O4S2. The lowest BCUT2D eigenvalue weighted by molar-refractivity contribution is -0.116. The third kappa shape index (κ3) is 5.94. The molecule has 1 aliphatic rings. The molecule has 1 amide bonds. The molecule has 176 valence electrons. The van der Waals surface area contributed by atoms with Gasteiger partial charge in [0.25, 0.3) is 0 Å². The standard InChI is InChI=1S/C23H26FN3O4S2/c1-17-3-6-19(7-4-17)33(29,30)16-22(28)27(10-2-9-26-11-13-31-14-12-26)23-25-20-8-5-18(24)15-21(20)32-23/h3-8,15H,2,9-14,16H2,1H3. The minimum absolute atomic E-state index is 0.112. The smallest absolute Gasteiger partial charge is 0.244 e. The number of carbonyl (C=O) groups excluding carboxylic acids is 1. The van der Waals surface area contributed by atoms with Gasteiger partial charge in [-0.1, -0.05) is 29.0 Å². The fourth-order valence-electron chi connectivity index (χ4n) is 3.68. The van der Waals surface area contributed by atoms with Crippen LogP contribution in [0.15, 0.2) is 47.4 Å². The summed E-state index contributed by atoms with van der Waals surface area (Å²) in [4.78, 5) is 21.5. The first-order chi connectivity index (χ1) is 15.8. The molecular weight excluding hydrogens is 465 g/mol. The van der Waals surface area contributed by atoms with E-state index < -0.39 is 21.5 Å². The van der Waals surface area contributed by atoms with Crippen LogP contribution in [0.4, 0.5) is 9.52 Å². The minimum atomic E-state index is -3.81. The highest BCUT2D eigenvalue weighted by Crippen LogP contribution is 2.30. The molecule has 0 bridgehead atoms. The number of nitrogens with zero attached hydrogens (tertiary/aromatic N) is 3. The summed E-state index contributed by atoms with van der Waals surface area (Å²) in [6, 6.07) is 10.7. The Balaban J connectivity index is 1.55. The molecule has 3 aromatic rings. The normalized spacial score (nSPS) is 15.1. The van der Waals surface area contributed by atoms with Crippen LogP contribution in [0.5, 0.6) is 0 Å². The predicted molar refractivity (Wildman–Crippen MR) is 127 cm³/mol. The molecule has 0 atom stereocenters. The third-order valence-electron chi connectivity index (χ3n) is 5.52. The second kappa shape index (κ2) is 10.3. The van der Waals surface area contributed by atoms with Crippen molar-refractivity contribution in [2.24, 2.45) is 0 Å². The summed E-state index contributed by atoms with van der Waals surface area (Å²) in [5.74, 6) is -1.58. The molecule has 1 fully saturated rings. The minimum Gasteiger partial charge on any atom is -0.379 e. The Morgan fingerprint density at radius 2 is 1.91 bits per heavy atom. The molecule has 1 saturated heterocycles. The van der Waals surface area contributed by atoms with Crippen molar-refractivity contribution in [3.63, 3.8) is 0 Å². The molecule has 0 unspecified atom stereocenters. The van der Waals surface area contributed by atoms with Crippen molar-refractivity contribution in [3.8, 4) is 0 Å². The predicted octanol–water partition coefficient (Wildman–Crippen LogP) is 3.27. The van der Waals surface area contributed by atoms with Crippen molar-refractivity contribution in [1.29, 1.82) is 0 Å². The fraction of sp³-hybridized carbons (Fsp3) is 0.391. The zero-order valence-corrected chi connectivity index (χ0v) is 20.0. The van der Waals surface area contributed by atoms with E-state index in [0.29, 0.717) is 41.5 Å². The lowest BCUT2D eigenvalue weighted by Crippen LogP contribution is -2.40. The van der Waals surface area contributed by atoms with E-state index in [1.807, 2.05) is 6.92 Å². The van der Waals surface area contributed by atoms with Crippen LogP contribution in [-0.2, 0) is 19.4 Å². The Morgan fingerprint density at radius 3 is 2.64 bits per heavy atom. The molecule has 4 rings (SSSR count). The maximum absolute atomic E-state index is 13.7. The number of amides is 1. The van der Waals surface area contributed by atoms with Crippen molar-refractivity contribution in [1.82, 2.24) is 9.88 Å². The Bertz CT molecular complexity index is 1220. The largest absolute Gasteiger partial charge is 0.379 e. The molecule has 2 heterocycles. The van der Waals surface area contributed by atoms with Gasteiger partial charge in [0.05, 0.1) is 28.3 Å². The van der Waals surface area contributed by atoms with Crippen LogP contribution in [0, 0.1) is 12.7 Å². The van der Waals surface area contributed by atoms with Crippen LogP contribution in [0.2, 0.25) is 0 Å². The third-order valence-corrected chi connectivity index (χ3v) is 8.18. The number of carbonyl (C=O) groups is 1. The highest BCUT2D eigenvalue weighted by molar-refractivity contribution is 7.92. The molecule has 1 aromatic heterocycles. The summed E-state index contributed by atoms with van der Waals surface area (Å²) in [7, 11) is -3.81. The van der Waals surface area contributed by atoms with Gasteiger partial charge in [-0.25, -0.2) is 17.8 Å². The summed E-state index contributed by atoms with van der Waals surface area (Å²) in [6.45, 7) is 5.97. The van der Waals surface area contributed by atoms with Crippen LogP contribution in [-0.4, -0.2) is 69.4 Å². The van der Waals surface area contributed by atoms with Crippen molar-refractivity contribution in [2.75, 3.05) is 50.0 Å². The Labute approximate surface area is 196 Å². The summed E-state index contributed by atoms with van der Waals surface area (Å²) >= 11 is 1.18. The van der Waals surface area contributed by atoms with E-state index in [1.165, 1.54) is 40.5 Å². The molecule has 10 heteroatoms. The number of anilines is 1. The molecule has 7 nitrogen and oxygen atoms in total. The van der Waals surface area contributed by atoms with Gasteiger partial charge in [-0.05, 0) is 43.7 Å². The summed E-state index contributed by atoms with van der Waals surface area (Å²) < 4.78 is 45.4. The number of morpholine rings is 1. The van der Waals surface area contributed by atoms with E-state index in [0.717, 1.165) is 25.2 Å². The van der Waals surface area contributed by atoms with Gasteiger partial charge in [0.15, 0.2) is 15.0 Å². The van der Waals surface area contributed by atoms with E-state index in [4.69, 9.17) is 4.74 Å². The van der Waals surface area contributed by atoms with Gasteiger partial charge in [0.1, 0.15) is 11.6 Å². The van der Waals surface area contributed by atoms with Crippen molar-refractivity contribution in [3.05, 3.63) is 53.8 Å². The van der Waals surface area contributed by atoms with Crippen molar-refractivity contribution < 1.29 is 22.3 Å². The van der Waals surface area contributed by atoms with Crippen LogP contribution >= 0.6 is 11.3 Å². The first-order valence-electron chi connectivity index (χ1n) is 10.8. The van der Waals surface area contributed by atoms with E-state index >= 15 is 0 Å². The SMILES string of the molecule is Cc1ccc(S(=O)(=O)CC(=O)N(CCCN2CCOCC2)c2nc3ccc(F)cc3s2)cc1. The molecule has 0 spiro atoms. The monoisotopic (exact) mass is 491 g/mol. The van der Waals surface area contributed by atoms with Gasteiger partial charge in [-0.3, -0.25) is 14.6 Å². The zero-order chi connectivity index (χ0) is 23.4. The Kier molecular flexibility index (Phi) is 7.38. The fourth-order valence-corrected chi connectivity index (χ4v) is 5.91. The number of aryl methyl sites for hydroxylation is 1. The highest BCUT2D eigenvalue weighted by atomic mass is 32.2. The van der Waals surface area contributed by atoms with Crippen LogP contribution in [0.3, 0.4) is 0 Å². The zero-order valence-electron chi connectivity index (χ0n) is 18.4. The summed E-state index contributed by atoms with van der Waals surface area (Å²) in [5, 5.41) is 0.377. The van der Waals surface area contributed by atoms with Crippen molar-refractivity contribution in [2.45, 2.75) is 18.2 Å². The second-order valence-electron chi connectivity index (χ2n) is 8.03. The molecule has 1 aliphatic heterocycles. The molecule has 33 heavy (non-hydrogen) atoms. The van der Waals surface area contributed by atoms with E-state index in [2.05, 4.69) is 9.88 Å². The van der Waals surface area contributed by atoms with Gasteiger partial charge in [-0.15, -0.1) is 0 Å². The van der Waals surface area contributed by atoms with Crippen molar-refractivity contribution >= 4 is 42.4 Å². The molecule has 0 saturated carbocycles. The number of benzene rings is 2. The number of sulfone groups is 1. The van der Waals surface area contributed by atoms with Gasteiger partial charge in [0.2, 0.25) is 5.91 Å².